The molecule has 1 aliphatic carbocycles. The van der Waals surface area contributed by atoms with E-state index in [1.165, 1.54) is 6.42 Å². The summed E-state index contributed by atoms with van der Waals surface area (Å²) in [5.74, 6) is 1.17. The molecule has 2 aliphatic rings. The Balaban J connectivity index is 1.48. The summed E-state index contributed by atoms with van der Waals surface area (Å²) in [5.41, 5.74) is 1.90. The number of furan rings is 1. The summed E-state index contributed by atoms with van der Waals surface area (Å²) < 4.78 is 18.4. The van der Waals surface area contributed by atoms with Crippen LogP contribution < -0.4 is 14.8 Å². The molecule has 8 nitrogen and oxygen atoms in total. The third kappa shape index (κ3) is 4.15. The number of rotatable bonds is 7. The van der Waals surface area contributed by atoms with E-state index >= 15 is 0 Å². The molecule has 1 N–H and O–H groups in total. The van der Waals surface area contributed by atoms with Crippen LogP contribution in [0, 0.1) is 0 Å². The van der Waals surface area contributed by atoms with E-state index in [4.69, 9.17) is 13.9 Å². The molecular formula is C27H33N3O5. The summed E-state index contributed by atoms with van der Waals surface area (Å²) in [7, 11) is 3.25. The second-order valence-corrected chi connectivity index (χ2v) is 9.75. The molecule has 3 heterocycles. The smallest absolute Gasteiger partial charge is 0.271 e. The molecular weight excluding hydrogens is 446 g/mol. The summed E-state index contributed by atoms with van der Waals surface area (Å²) in [6.45, 7) is 2.61. The fraction of sp³-hybridized carbons (Fsp3) is 0.481. The lowest BCUT2D eigenvalue weighted by Gasteiger charge is -2.45. The molecule has 3 aromatic rings. The standard InChI is InChI=1S/C27H33N3O5/c1-27(26(32)28-19-7-5-4-6-8-19)17-29-21-12-14-35-24(21)16-22(29)25(31)30(27)13-11-18-15-20(33-2)9-10-23(18)34-3/h9-10,12,14-16,19H,4-8,11,13,17H2,1-3H3,(H,28,32)/t27-/m0/s1. The summed E-state index contributed by atoms with van der Waals surface area (Å²) >= 11 is 0. The molecule has 0 radical (unpaired) electrons. The van der Waals surface area contributed by atoms with Crippen LogP contribution in [0.2, 0.25) is 0 Å². The zero-order chi connectivity index (χ0) is 24.6. The molecule has 0 saturated heterocycles. The van der Waals surface area contributed by atoms with Gasteiger partial charge in [0.05, 0.1) is 32.5 Å². The molecule has 1 atom stereocenters. The third-order valence-electron chi connectivity index (χ3n) is 7.57. The van der Waals surface area contributed by atoms with Gasteiger partial charge in [-0.2, -0.15) is 0 Å². The van der Waals surface area contributed by atoms with Crippen molar-refractivity contribution in [3.63, 3.8) is 0 Å². The van der Waals surface area contributed by atoms with Gasteiger partial charge in [0.15, 0.2) is 5.58 Å². The monoisotopic (exact) mass is 479 g/mol. The van der Waals surface area contributed by atoms with Gasteiger partial charge in [0.1, 0.15) is 22.7 Å². The van der Waals surface area contributed by atoms with Crippen LogP contribution in [0.3, 0.4) is 0 Å². The Bertz CT molecular complexity index is 1240. The molecule has 1 saturated carbocycles. The van der Waals surface area contributed by atoms with Crippen molar-refractivity contribution in [1.29, 1.82) is 0 Å². The topological polar surface area (TPSA) is 85.9 Å². The summed E-state index contributed by atoms with van der Waals surface area (Å²) in [4.78, 5) is 29.3. The average molecular weight is 480 g/mol. The number of methoxy groups -OCH3 is 2. The van der Waals surface area contributed by atoms with E-state index in [9.17, 15) is 9.59 Å². The molecule has 2 aromatic heterocycles. The molecule has 35 heavy (non-hydrogen) atoms. The van der Waals surface area contributed by atoms with Gasteiger partial charge < -0.3 is 28.7 Å². The van der Waals surface area contributed by atoms with E-state index in [1.807, 2.05) is 35.8 Å². The Kier molecular flexibility index (Phi) is 6.21. The van der Waals surface area contributed by atoms with Crippen LogP contribution in [-0.4, -0.2) is 53.6 Å². The molecule has 186 valence electrons. The highest BCUT2D eigenvalue weighted by molar-refractivity contribution is 6.03. The quantitative estimate of drug-likeness (QED) is 0.550. The first kappa shape index (κ1) is 23.3. The maximum atomic E-state index is 13.8. The third-order valence-corrected chi connectivity index (χ3v) is 7.57. The van der Waals surface area contributed by atoms with Crippen LogP contribution in [-0.2, 0) is 17.8 Å². The van der Waals surface area contributed by atoms with Crippen LogP contribution in [0.1, 0.15) is 55.1 Å². The second-order valence-electron chi connectivity index (χ2n) is 9.75. The highest BCUT2D eigenvalue weighted by Crippen LogP contribution is 2.34. The number of amides is 2. The average Bonchev–Trinajstić information content (AvgIpc) is 3.47. The summed E-state index contributed by atoms with van der Waals surface area (Å²) in [5, 5.41) is 3.27. The van der Waals surface area contributed by atoms with E-state index in [-0.39, 0.29) is 17.9 Å². The maximum Gasteiger partial charge on any atom is 0.271 e. The number of nitrogens with one attached hydrogen (secondary N) is 1. The van der Waals surface area contributed by atoms with E-state index in [0.29, 0.717) is 30.8 Å². The summed E-state index contributed by atoms with van der Waals surface area (Å²) in [6.07, 6.45) is 7.56. The molecule has 1 fully saturated rings. The lowest BCUT2D eigenvalue weighted by atomic mass is 9.91. The highest BCUT2D eigenvalue weighted by Gasteiger charge is 2.48. The lowest BCUT2D eigenvalue weighted by molar-refractivity contribution is -0.133. The fourth-order valence-corrected chi connectivity index (χ4v) is 5.52. The van der Waals surface area contributed by atoms with Gasteiger partial charge in [0.2, 0.25) is 5.91 Å². The number of carbonyl (C=O) groups excluding carboxylic acids is 2. The van der Waals surface area contributed by atoms with Crippen LogP contribution in [0.5, 0.6) is 11.5 Å². The number of hydrogen-bond donors (Lipinski definition) is 1. The molecule has 5 rings (SSSR count). The normalized spacial score (nSPS) is 20.7. The van der Waals surface area contributed by atoms with Crippen molar-refractivity contribution in [3.05, 3.63) is 47.9 Å². The number of nitrogens with zero attached hydrogens (tertiary/aromatic N) is 2. The Morgan fingerprint density at radius 2 is 1.94 bits per heavy atom. The maximum absolute atomic E-state index is 13.8. The number of carbonyl (C=O) groups is 2. The SMILES string of the molecule is COc1ccc(OC)c(CCN2C(=O)c3cc4occc4n3C[C@@]2(C)C(=O)NC2CCCCC2)c1. The number of fused-ring (bicyclic) bond motifs is 3. The van der Waals surface area contributed by atoms with Gasteiger partial charge in [0.25, 0.3) is 5.91 Å². The van der Waals surface area contributed by atoms with E-state index in [1.54, 1.807) is 31.4 Å². The van der Waals surface area contributed by atoms with Crippen molar-refractivity contribution in [2.24, 2.45) is 0 Å². The molecule has 8 heteroatoms. The van der Waals surface area contributed by atoms with Gasteiger partial charge in [-0.25, -0.2) is 0 Å². The molecule has 1 aliphatic heterocycles. The number of aromatic nitrogens is 1. The van der Waals surface area contributed by atoms with Gasteiger partial charge in [-0.05, 0) is 49.9 Å². The zero-order valence-corrected chi connectivity index (χ0v) is 20.6. The predicted octanol–water partition coefficient (Wildman–Crippen LogP) is 4.16. The van der Waals surface area contributed by atoms with Crippen LogP contribution >= 0.6 is 0 Å². The van der Waals surface area contributed by atoms with Crippen molar-refractivity contribution < 1.29 is 23.5 Å². The predicted molar refractivity (Wildman–Crippen MR) is 132 cm³/mol. The van der Waals surface area contributed by atoms with Gasteiger partial charge in [-0.15, -0.1) is 0 Å². The zero-order valence-electron chi connectivity index (χ0n) is 20.6. The first-order valence-corrected chi connectivity index (χ1v) is 12.3. The molecule has 0 unspecified atom stereocenters. The van der Waals surface area contributed by atoms with Crippen LogP contribution in [0.25, 0.3) is 11.1 Å². The lowest BCUT2D eigenvalue weighted by Crippen LogP contribution is -2.65. The molecule has 1 aromatic carbocycles. The number of hydrogen-bond acceptors (Lipinski definition) is 5. The number of benzene rings is 1. The molecule has 2 amide bonds. The Morgan fingerprint density at radius 1 is 1.14 bits per heavy atom. The van der Waals surface area contributed by atoms with Crippen molar-refractivity contribution in [2.75, 3.05) is 20.8 Å². The Hall–Kier alpha value is -3.42. The van der Waals surface area contributed by atoms with Crippen LogP contribution in [0.4, 0.5) is 0 Å². The minimum absolute atomic E-state index is 0.105. The van der Waals surface area contributed by atoms with Crippen LogP contribution in [0.15, 0.2) is 41.0 Å². The van der Waals surface area contributed by atoms with Gasteiger partial charge >= 0.3 is 0 Å². The molecule has 0 bridgehead atoms. The van der Waals surface area contributed by atoms with Crippen molar-refractivity contribution in [2.45, 2.75) is 63.6 Å². The van der Waals surface area contributed by atoms with Crippen molar-refractivity contribution >= 4 is 22.9 Å². The van der Waals surface area contributed by atoms with E-state index in [2.05, 4.69) is 5.32 Å². The van der Waals surface area contributed by atoms with Crippen molar-refractivity contribution in [3.8, 4) is 11.5 Å². The second kappa shape index (κ2) is 9.32. The van der Waals surface area contributed by atoms with E-state index < -0.39 is 5.54 Å². The minimum Gasteiger partial charge on any atom is -0.497 e. The first-order valence-electron chi connectivity index (χ1n) is 12.3. The van der Waals surface area contributed by atoms with Gasteiger partial charge in [0, 0.05) is 24.7 Å². The van der Waals surface area contributed by atoms with Gasteiger partial charge in [-0.1, -0.05) is 19.3 Å². The summed E-state index contributed by atoms with van der Waals surface area (Å²) in [6, 6.07) is 9.40. The minimum atomic E-state index is -1.04. The Labute approximate surface area is 205 Å². The van der Waals surface area contributed by atoms with Crippen molar-refractivity contribution in [1.82, 2.24) is 14.8 Å². The van der Waals surface area contributed by atoms with Gasteiger partial charge in [-0.3, -0.25) is 9.59 Å². The first-order chi connectivity index (χ1) is 16.9. The fourth-order valence-electron chi connectivity index (χ4n) is 5.52. The largest absolute Gasteiger partial charge is 0.497 e. The van der Waals surface area contributed by atoms with E-state index in [0.717, 1.165) is 48.3 Å². The highest BCUT2D eigenvalue weighted by atomic mass is 16.5. The molecule has 0 spiro atoms. The Morgan fingerprint density at radius 3 is 2.69 bits per heavy atom. The number of ether oxygens (including phenoxy) is 2.